The molecule has 30 heavy (non-hydrogen) atoms. The van der Waals surface area contributed by atoms with Crippen molar-refractivity contribution in [2.24, 2.45) is 0 Å². The van der Waals surface area contributed by atoms with E-state index < -0.39 is 0 Å². The van der Waals surface area contributed by atoms with Crippen LogP contribution in [-0.2, 0) is 0 Å². The number of ether oxygens (including phenoxy) is 2. The lowest BCUT2D eigenvalue weighted by molar-refractivity contribution is 0.246. The first kappa shape index (κ1) is 19.2. The van der Waals surface area contributed by atoms with Gasteiger partial charge in [0.25, 0.3) is 0 Å². The predicted octanol–water partition coefficient (Wildman–Crippen LogP) is 7.44. The summed E-state index contributed by atoms with van der Waals surface area (Å²) in [5.74, 6) is 1.67. The number of fused-ring (bicyclic) bond motifs is 3. The Morgan fingerprint density at radius 2 is 1.77 bits per heavy atom. The molecule has 1 atom stereocenters. The number of rotatable bonds is 4. The van der Waals surface area contributed by atoms with Gasteiger partial charge >= 0.3 is 0 Å². The van der Waals surface area contributed by atoms with Gasteiger partial charge in [-0.25, -0.2) is 0 Å². The molecular weight excluding hydrogens is 458 g/mol. The van der Waals surface area contributed by atoms with Crippen LogP contribution in [0.15, 0.2) is 82.6 Å². The summed E-state index contributed by atoms with van der Waals surface area (Å²) in [5, 5.41) is 0. The molecule has 0 saturated carbocycles. The van der Waals surface area contributed by atoms with Crippen LogP contribution in [0.3, 0.4) is 0 Å². The molecule has 0 aliphatic carbocycles. The highest BCUT2D eigenvalue weighted by molar-refractivity contribution is 9.11. The van der Waals surface area contributed by atoms with E-state index in [0.717, 1.165) is 48.2 Å². The SMILES string of the molecule is COc1cccc2c1-c1ccc(N(C)c3ccccc3)cc1C(c1ccc(Br)s1)O2. The molecule has 0 fully saturated rings. The molecule has 1 aromatic heterocycles. The van der Waals surface area contributed by atoms with Gasteiger partial charge in [0, 0.05) is 24.0 Å². The molecule has 150 valence electrons. The second kappa shape index (κ2) is 7.82. The summed E-state index contributed by atoms with van der Waals surface area (Å²) in [7, 11) is 3.79. The Balaban J connectivity index is 1.68. The first-order valence-electron chi connectivity index (χ1n) is 9.67. The van der Waals surface area contributed by atoms with Crippen LogP contribution < -0.4 is 14.4 Å². The Morgan fingerprint density at radius 1 is 0.933 bits per heavy atom. The molecule has 3 nitrogen and oxygen atoms in total. The monoisotopic (exact) mass is 477 g/mol. The van der Waals surface area contributed by atoms with Gasteiger partial charge in [0.1, 0.15) is 11.5 Å². The third-order valence-electron chi connectivity index (χ3n) is 5.42. The fourth-order valence-electron chi connectivity index (χ4n) is 3.92. The number of para-hydroxylation sites is 1. The van der Waals surface area contributed by atoms with Gasteiger partial charge in [-0.05, 0) is 70.0 Å². The number of hydrogen-bond acceptors (Lipinski definition) is 4. The second-order valence-corrected chi connectivity index (χ2v) is 9.63. The molecule has 5 heteroatoms. The summed E-state index contributed by atoms with van der Waals surface area (Å²) < 4.78 is 13.3. The minimum atomic E-state index is -0.167. The third kappa shape index (κ3) is 3.28. The normalized spacial score (nSPS) is 14.4. The van der Waals surface area contributed by atoms with E-state index in [2.05, 4.69) is 82.5 Å². The summed E-state index contributed by atoms with van der Waals surface area (Å²) >= 11 is 5.30. The third-order valence-corrected chi connectivity index (χ3v) is 7.09. The molecule has 0 saturated heterocycles. The summed E-state index contributed by atoms with van der Waals surface area (Å²) in [6.07, 6.45) is -0.167. The smallest absolute Gasteiger partial charge is 0.159 e. The molecular formula is C25H20BrNO2S. The van der Waals surface area contributed by atoms with Gasteiger partial charge in [-0.3, -0.25) is 0 Å². The topological polar surface area (TPSA) is 21.7 Å². The van der Waals surface area contributed by atoms with Crippen LogP contribution in [0.4, 0.5) is 11.4 Å². The lowest BCUT2D eigenvalue weighted by Gasteiger charge is -2.31. The molecule has 5 rings (SSSR count). The summed E-state index contributed by atoms with van der Waals surface area (Å²) in [4.78, 5) is 3.36. The lowest BCUT2D eigenvalue weighted by Crippen LogP contribution is -2.17. The van der Waals surface area contributed by atoms with Crippen molar-refractivity contribution in [1.29, 1.82) is 0 Å². The number of thiophene rings is 1. The fraction of sp³-hybridized carbons (Fsp3) is 0.120. The Hall–Kier alpha value is -2.76. The Kier molecular flexibility index (Phi) is 5.01. The predicted molar refractivity (Wildman–Crippen MR) is 127 cm³/mol. The van der Waals surface area contributed by atoms with Crippen LogP contribution in [0.5, 0.6) is 11.5 Å². The lowest BCUT2D eigenvalue weighted by atomic mass is 9.90. The van der Waals surface area contributed by atoms with Gasteiger partial charge in [-0.1, -0.05) is 30.3 Å². The van der Waals surface area contributed by atoms with E-state index in [4.69, 9.17) is 9.47 Å². The van der Waals surface area contributed by atoms with Crippen LogP contribution in [0, 0.1) is 0 Å². The van der Waals surface area contributed by atoms with Crippen molar-refractivity contribution in [3.05, 3.63) is 93.1 Å². The van der Waals surface area contributed by atoms with Gasteiger partial charge in [-0.15, -0.1) is 11.3 Å². The molecule has 0 N–H and O–H groups in total. The zero-order valence-electron chi connectivity index (χ0n) is 16.6. The van der Waals surface area contributed by atoms with E-state index in [-0.39, 0.29) is 6.10 Å². The zero-order chi connectivity index (χ0) is 20.7. The number of methoxy groups -OCH3 is 1. The summed E-state index contributed by atoms with van der Waals surface area (Å²) in [6, 6.07) is 27.1. The van der Waals surface area contributed by atoms with Gasteiger partial charge in [-0.2, -0.15) is 0 Å². The molecule has 1 unspecified atom stereocenters. The zero-order valence-corrected chi connectivity index (χ0v) is 19.0. The van der Waals surface area contributed by atoms with Crippen molar-refractivity contribution in [3.8, 4) is 22.6 Å². The molecule has 0 spiro atoms. The number of nitrogens with zero attached hydrogens (tertiary/aromatic N) is 1. The van der Waals surface area contributed by atoms with E-state index >= 15 is 0 Å². The summed E-state index contributed by atoms with van der Waals surface area (Å²) in [6.45, 7) is 0. The maximum absolute atomic E-state index is 6.53. The van der Waals surface area contributed by atoms with Crippen LogP contribution in [-0.4, -0.2) is 14.2 Å². The van der Waals surface area contributed by atoms with E-state index in [9.17, 15) is 0 Å². The van der Waals surface area contributed by atoms with Crippen molar-refractivity contribution in [2.45, 2.75) is 6.10 Å². The van der Waals surface area contributed by atoms with Gasteiger partial charge < -0.3 is 14.4 Å². The van der Waals surface area contributed by atoms with Gasteiger partial charge in [0.2, 0.25) is 0 Å². The number of anilines is 2. The molecule has 2 heterocycles. The molecule has 4 aromatic rings. The first-order chi connectivity index (χ1) is 14.7. The maximum Gasteiger partial charge on any atom is 0.159 e. The molecule has 1 aliphatic rings. The summed E-state index contributed by atoms with van der Waals surface area (Å²) in [5.41, 5.74) is 5.55. The number of halogens is 1. The number of benzene rings is 3. The molecule has 0 amide bonds. The van der Waals surface area contributed by atoms with Crippen molar-refractivity contribution < 1.29 is 9.47 Å². The van der Waals surface area contributed by atoms with E-state index in [0.29, 0.717) is 0 Å². The Morgan fingerprint density at radius 3 is 2.50 bits per heavy atom. The maximum atomic E-state index is 6.53. The van der Waals surface area contributed by atoms with Crippen molar-refractivity contribution >= 4 is 38.6 Å². The Bertz CT molecular complexity index is 1210. The van der Waals surface area contributed by atoms with Crippen molar-refractivity contribution in [1.82, 2.24) is 0 Å². The van der Waals surface area contributed by atoms with E-state index in [1.165, 1.54) is 0 Å². The van der Waals surface area contributed by atoms with E-state index in [1.807, 2.05) is 24.3 Å². The van der Waals surface area contributed by atoms with Crippen molar-refractivity contribution in [3.63, 3.8) is 0 Å². The standard InChI is InChI=1S/C25H20BrNO2S/c1-27(16-7-4-3-5-8-16)17-11-12-18-19(15-17)25(22-13-14-23(26)30-22)29-21-10-6-9-20(28-2)24(18)21/h3-15,25H,1-2H3. The van der Waals surface area contributed by atoms with Crippen LogP contribution in [0.25, 0.3) is 11.1 Å². The molecule has 1 aliphatic heterocycles. The molecule has 3 aromatic carbocycles. The van der Waals surface area contributed by atoms with Crippen LogP contribution in [0.2, 0.25) is 0 Å². The highest BCUT2D eigenvalue weighted by Crippen LogP contribution is 2.50. The van der Waals surface area contributed by atoms with Gasteiger partial charge in [0.05, 0.1) is 21.3 Å². The quantitative estimate of drug-likeness (QED) is 0.304. The van der Waals surface area contributed by atoms with Crippen molar-refractivity contribution in [2.75, 3.05) is 19.1 Å². The van der Waals surface area contributed by atoms with Crippen LogP contribution in [0.1, 0.15) is 16.5 Å². The van der Waals surface area contributed by atoms with E-state index in [1.54, 1.807) is 18.4 Å². The average Bonchev–Trinajstić information content (AvgIpc) is 3.23. The van der Waals surface area contributed by atoms with Gasteiger partial charge in [0.15, 0.2) is 6.10 Å². The minimum absolute atomic E-state index is 0.167. The highest BCUT2D eigenvalue weighted by Gasteiger charge is 2.31. The minimum Gasteiger partial charge on any atom is -0.496 e. The Labute approximate surface area is 188 Å². The molecule has 0 radical (unpaired) electrons. The second-order valence-electron chi connectivity index (χ2n) is 7.14. The number of hydrogen-bond donors (Lipinski definition) is 0. The average molecular weight is 478 g/mol. The highest BCUT2D eigenvalue weighted by atomic mass is 79.9. The largest absolute Gasteiger partial charge is 0.496 e. The van der Waals surface area contributed by atoms with Crippen LogP contribution >= 0.6 is 27.3 Å². The molecule has 0 bridgehead atoms. The first-order valence-corrected chi connectivity index (χ1v) is 11.3. The fourth-order valence-corrected chi connectivity index (χ4v) is 5.39.